The van der Waals surface area contributed by atoms with Gasteiger partial charge in [0.25, 0.3) is 0 Å². The Labute approximate surface area is 226 Å². The van der Waals surface area contributed by atoms with Crippen LogP contribution in [0.2, 0.25) is 0 Å². The van der Waals surface area contributed by atoms with Crippen LogP contribution in [0, 0.1) is 5.92 Å². The summed E-state index contributed by atoms with van der Waals surface area (Å²) in [6.07, 6.45) is 30.4. The molecule has 0 bridgehead atoms. The molecule has 2 atom stereocenters. The molecule has 0 heterocycles. The van der Waals surface area contributed by atoms with Crippen molar-refractivity contribution in [2.75, 3.05) is 0 Å². The van der Waals surface area contributed by atoms with Crippen molar-refractivity contribution in [2.24, 2.45) is 5.92 Å². The first kappa shape index (κ1) is 35.4. The van der Waals surface area contributed by atoms with Crippen molar-refractivity contribution in [2.45, 2.75) is 200 Å². The van der Waals surface area contributed by atoms with E-state index in [1.807, 2.05) is 0 Å². The average molecular weight is 513 g/mol. The number of alkyl halides is 1. The number of carbonyl (C=O) groups is 1. The predicted molar refractivity (Wildman–Crippen MR) is 157 cm³/mol. The van der Waals surface area contributed by atoms with Crippen LogP contribution in [0.4, 0.5) is 4.39 Å². The summed E-state index contributed by atoms with van der Waals surface area (Å²) >= 11 is 0. The summed E-state index contributed by atoms with van der Waals surface area (Å²) < 4.78 is 16.1. The third-order valence-electron chi connectivity index (χ3n) is 8.21. The van der Waals surface area contributed by atoms with Crippen LogP contribution in [0.5, 0.6) is 0 Å². The summed E-state index contributed by atoms with van der Waals surface area (Å²) in [6, 6.07) is 0. The fraction of sp³-hybridized carbons (Fsp3) is 0.970. The van der Waals surface area contributed by atoms with E-state index >= 15 is 4.39 Å². The number of unbranched alkanes of at least 4 members (excludes halogenated alkanes) is 21. The van der Waals surface area contributed by atoms with Gasteiger partial charge in [-0.3, -0.25) is 0 Å². The molecule has 0 saturated carbocycles. The molecule has 0 fully saturated rings. The molecule has 36 heavy (non-hydrogen) atoms. The highest BCUT2D eigenvalue weighted by atomic mass is 19.1. The molecule has 0 radical (unpaired) electrons. The highest BCUT2D eigenvalue weighted by molar-refractivity contribution is 5.77. The third-order valence-corrected chi connectivity index (χ3v) is 8.21. The van der Waals surface area contributed by atoms with Gasteiger partial charge in [-0.2, -0.15) is 0 Å². The summed E-state index contributed by atoms with van der Waals surface area (Å²) in [5, 5.41) is 9.97. The Bertz CT molecular complexity index is 467. The molecule has 0 aliphatic rings. The molecule has 0 aromatic rings. The summed E-state index contributed by atoms with van der Waals surface area (Å²) in [5.74, 6) is -1.52. The van der Waals surface area contributed by atoms with Crippen molar-refractivity contribution in [3.8, 4) is 0 Å². The first-order valence-electron chi connectivity index (χ1n) is 16.4. The van der Waals surface area contributed by atoms with Crippen LogP contribution >= 0.6 is 0 Å². The Hall–Kier alpha value is -0.600. The van der Waals surface area contributed by atoms with Gasteiger partial charge >= 0.3 is 5.97 Å². The van der Waals surface area contributed by atoms with Gasteiger partial charge in [0.2, 0.25) is 5.67 Å². The standard InChI is InChI=1S/C33H65FO2/c1-4-7-10-13-16-18-20-23-26-29-31(28-25-22-15-12-9-6-3)33(34,32(35)36)30-27-24-21-19-17-14-11-8-5-2/h31H,4-30H2,1-3H3,(H,35,36). The van der Waals surface area contributed by atoms with Crippen LogP contribution in [0.3, 0.4) is 0 Å². The minimum atomic E-state index is -2.04. The monoisotopic (exact) mass is 512 g/mol. The topological polar surface area (TPSA) is 37.3 Å². The van der Waals surface area contributed by atoms with E-state index in [1.165, 1.54) is 109 Å². The summed E-state index contributed by atoms with van der Waals surface area (Å²) in [5.41, 5.74) is -2.04. The van der Waals surface area contributed by atoms with Crippen molar-refractivity contribution in [3.05, 3.63) is 0 Å². The maximum atomic E-state index is 16.1. The molecule has 216 valence electrons. The van der Waals surface area contributed by atoms with Gasteiger partial charge in [0.05, 0.1) is 0 Å². The first-order valence-corrected chi connectivity index (χ1v) is 16.4. The van der Waals surface area contributed by atoms with E-state index in [9.17, 15) is 9.90 Å². The Morgan fingerprint density at radius 2 is 0.806 bits per heavy atom. The highest BCUT2D eigenvalue weighted by Gasteiger charge is 2.45. The van der Waals surface area contributed by atoms with Gasteiger partial charge in [-0.05, 0) is 25.7 Å². The number of aliphatic carboxylic acids is 1. The minimum absolute atomic E-state index is 0.204. The van der Waals surface area contributed by atoms with E-state index in [4.69, 9.17) is 0 Å². The maximum absolute atomic E-state index is 16.1. The van der Waals surface area contributed by atoms with Crippen LogP contribution in [-0.4, -0.2) is 16.7 Å². The quantitative estimate of drug-likeness (QED) is 0.101. The van der Waals surface area contributed by atoms with Gasteiger partial charge in [0.1, 0.15) is 0 Å². The second-order valence-electron chi connectivity index (χ2n) is 11.6. The van der Waals surface area contributed by atoms with Crippen molar-refractivity contribution in [3.63, 3.8) is 0 Å². The van der Waals surface area contributed by atoms with Crippen LogP contribution in [0.15, 0.2) is 0 Å². The zero-order valence-corrected chi connectivity index (χ0v) is 24.9. The van der Waals surface area contributed by atoms with Crippen molar-refractivity contribution < 1.29 is 14.3 Å². The Kier molecular flexibility index (Phi) is 25.6. The highest BCUT2D eigenvalue weighted by Crippen LogP contribution is 2.37. The Morgan fingerprint density at radius 3 is 1.11 bits per heavy atom. The maximum Gasteiger partial charge on any atom is 0.341 e. The lowest BCUT2D eigenvalue weighted by molar-refractivity contribution is -0.156. The Morgan fingerprint density at radius 1 is 0.528 bits per heavy atom. The normalized spacial score (nSPS) is 14.1. The van der Waals surface area contributed by atoms with E-state index in [0.29, 0.717) is 6.42 Å². The van der Waals surface area contributed by atoms with E-state index < -0.39 is 11.6 Å². The summed E-state index contributed by atoms with van der Waals surface area (Å²) in [4.78, 5) is 12.2. The molecule has 0 amide bonds. The second-order valence-corrected chi connectivity index (χ2v) is 11.6. The van der Waals surface area contributed by atoms with Crippen LogP contribution in [0.1, 0.15) is 194 Å². The molecule has 0 aromatic heterocycles. The SMILES string of the molecule is CCCCCCCCCCCC(CCCCCCCC)C(F)(CCCCCCCCCCC)C(=O)O. The second kappa shape index (κ2) is 26.0. The molecular weight excluding hydrogens is 447 g/mol. The molecule has 0 saturated heterocycles. The van der Waals surface area contributed by atoms with E-state index in [1.54, 1.807) is 0 Å². The smallest absolute Gasteiger partial charge is 0.341 e. The predicted octanol–water partition coefficient (Wildman–Crippen LogP) is 12.0. The molecule has 0 aliphatic heterocycles. The van der Waals surface area contributed by atoms with Crippen LogP contribution in [0.25, 0.3) is 0 Å². The van der Waals surface area contributed by atoms with Crippen molar-refractivity contribution in [1.82, 2.24) is 0 Å². The molecule has 0 aromatic carbocycles. The number of halogens is 1. The Balaban J connectivity index is 4.54. The molecule has 3 heteroatoms. The lowest BCUT2D eigenvalue weighted by atomic mass is 9.78. The van der Waals surface area contributed by atoms with Gasteiger partial charge in [-0.15, -0.1) is 0 Å². The number of carboxylic acid groups (broad SMARTS) is 1. The molecule has 2 nitrogen and oxygen atoms in total. The number of hydrogen-bond donors (Lipinski definition) is 1. The van der Waals surface area contributed by atoms with Gasteiger partial charge in [0, 0.05) is 5.92 Å². The van der Waals surface area contributed by atoms with Gasteiger partial charge in [-0.25, -0.2) is 9.18 Å². The van der Waals surface area contributed by atoms with Crippen molar-refractivity contribution in [1.29, 1.82) is 0 Å². The first-order chi connectivity index (χ1) is 17.5. The van der Waals surface area contributed by atoms with E-state index in [2.05, 4.69) is 20.8 Å². The van der Waals surface area contributed by atoms with Gasteiger partial charge < -0.3 is 5.11 Å². The molecule has 2 unspecified atom stereocenters. The number of carboxylic acids is 1. The zero-order chi connectivity index (χ0) is 26.7. The van der Waals surface area contributed by atoms with E-state index in [-0.39, 0.29) is 12.3 Å². The third kappa shape index (κ3) is 19.5. The number of rotatable bonds is 29. The fourth-order valence-corrected chi connectivity index (χ4v) is 5.65. The fourth-order valence-electron chi connectivity index (χ4n) is 5.65. The molecule has 1 N–H and O–H groups in total. The average Bonchev–Trinajstić information content (AvgIpc) is 2.87. The van der Waals surface area contributed by atoms with Gasteiger partial charge in [0.15, 0.2) is 0 Å². The molecular formula is C33H65FO2. The minimum Gasteiger partial charge on any atom is -0.479 e. The van der Waals surface area contributed by atoms with E-state index in [0.717, 1.165) is 51.4 Å². The number of hydrogen-bond acceptors (Lipinski definition) is 1. The lowest BCUT2D eigenvalue weighted by Crippen LogP contribution is -2.42. The molecule has 0 spiro atoms. The van der Waals surface area contributed by atoms with Crippen LogP contribution in [-0.2, 0) is 4.79 Å². The lowest BCUT2D eigenvalue weighted by Gasteiger charge is -2.31. The largest absolute Gasteiger partial charge is 0.479 e. The summed E-state index contributed by atoms with van der Waals surface area (Å²) in [7, 11) is 0. The van der Waals surface area contributed by atoms with Gasteiger partial charge in [-0.1, -0.05) is 168 Å². The molecule has 0 aliphatic carbocycles. The van der Waals surface area contributed by atoms with Crippen LogP contribution < -0.4 is 0 Å². The summed E-state index contributed by atoms with van der Waals surface area (Å²) in [6.45, 7) is 6.71. The molecule has 0 rings (SSSR count). The zero-order valence-electron chi connectivity index (χ0n) is 24.9. The van der Waals surface area contributed by atoms with Crippen molar-refractivity contribution >= 4 is 5.97 Å².